The zero-order valence-electron chi connectivity index (χ0n) is 9.14. The molecule has 1 aromatic carbocycles. The van der Waals surface area contributed by atoms with Crippen molar-refractivity contribution in [2.45, 2.75) is 6.92 Å². The van der Waals surface area contributed by atoms with Gasteiger partial charge in [-0.2, -0.15) is 0 Å². The van der Waals surface area contributed by atoms with Gasteiger partial charge in [-0.05, 0) is 19.1 Å². The second-order valence-corrected chi connectivity index (χ2v) is 4.79. The van der Waals surface area contributed by atoms with E-state index in [9.17, 15) is 4.79 Å². The van der Waals surface area contributed by atoms with Crippen LogP contribution in [-0.2, 0) is 0 Å². The van der Waals surface area contributed by atoms with Crippen molar-refractivity contribution in [3.63, 3.8) is 0 Å². The summed E-state index contributed by atoms with van der Waals surface area (Å²) in [6.45, 7) is 1.97. The zero-order chi connectivity index (χ0) is 11.8. The van der Waals surface area contributed by atoms with Crippen molar-refractivity contribution in [1.82, 2.24) is 4.98 Å². The molecule has 0 aliphatic heterocycles. The number of aromatic nitrogens is 1. The molecule has 0 radical (unpaired) electrons. The van der Waals surface area contributed by atoms with Crippen molar-refractivity contribution in [2.75, 3.05) is 0 Å². The summed E-state index contributed by atoms with van der Waals surface area (Å²) >= 11 is 1.61. The summed E-state index contributed by atoms with van der Waals surface area (Å²) in [5.74, 6) is 0. The van der Waals surface area contributed by atoms with Crippen LogP contribution < -0.4 is 5.63 Å². The molecule has 0 amide bonds. The van der Waals surface area contributed by atoms with Gasteiger partial charge < -0.3 is 4.42 Å². The van der Waals surface area contributed by atoms with Crippen LogP contribution in [0.2, 0.25) is 0 Å². The highest BCUT2D eigenvalue weighted by Crippen LogP contribution is 2.28. The predicted molar refractivity (Wildman–Crippen MR) is 68.3 cm³/mol. The molecule has 2 heterocycles. The molecule has 0 fully saturated rings. The minimum absolute atomic E-state index is 0.330. The molecule has 0 aliphatic carbocycles. The van der Waals surface area contributed by atoms with E-state index in [0.29, 0.717) is 5.58 Å². The third-order valence-corrected chi connectivity index (χ3v) is 3.33. The monoisotopic (exact) mass is 243 g/mol. The van der Waals surface area contributed by atoms with Gasteiger partial charge in [-0.15, -0.1) is 11.3 Å². The van der Waals surface area contributed by atoms with Crippen molar-refractivity contribution in [3.8, 4) is 11.3 Å². The highest BCUT2D eigenvalue weighted by molar-refractivity contribution is 7.09. The first-order valence-corrected chi connectivity index (χ1v) is 6.07. The first kappa shape index (κ1) is 10.2. The number of fused-ring (bicyclic) bond motifs is 1. The number of hydrogen-bond donors (Lipinski definition) is 0. The van der Waals surface area contributed by atoms with Gasteiger partial charge in [-0.25, -0.2) is 9.78 Å². The van der Waals surface area contributed by atoms with Gasteiger partial charge in [0.05, 0.1) is 10.7 Å². The molecule has 2 aromatic heterocycles. The highest BCUT2D eigenvalue weighted by Gasteiger charge is 2.07. The Morgan fingerprint density at radius 2 is 2.12 bits per heavy atom. The Balaban J connectivity index is 2.33. The Labute approximate surface area is 101 Å². The molecule has 0 spiro atoms. The predicted octanol–water partition coefficient (Wildman–Crippen LogP) is 3.22. The van der Waals surface area contributed by atoms with Crippen molar-refractivity contribution in [1.29, 1.82) is 0 Å². The van der Waals surface area contributed by atoms with E-state index in [1.807, 2.05) is 24.4 Å². The second-order valence-electron chi connectivity index (χ2n) is 3.72. The standard InChI is InChI=1S/C13H9NO2S/c1-8-14-11(7-17-8)9-3-2-4-12-10(9)5-6-13(15)16-12/h2-7H,1H3. The van der Waals surface area contributed by atoms with E-state index in [0.717, 1.165) is 21.7 Å². The Hall–Kier alpha value is -1.94. The summed E-state index contributed by atoms with van der Waals surface area (Å²) in [6.07, 6.45) is 0. The van der Waals surface area contributed by atoms with Crippen LogP contribution in [0, 0.1) is 6.92 Å². The van der Waals surface area contributed by atoms with Gasteiger partial charge >= 0.3 is 5.63 Å². The SMILES string of the molecule is Cc1nc(-c2cccc3oc(=O)ccc23)cs1. The van der Waals surface area contributed by atoms with Gasteiger partial charge in [0, 0.05) is 22.4 Å². The van der Waals surface area contributed by atoms with Crippen LogP contribution in [0.15, 0.2) is 44.9 Å². The fourth-order valence-corrected chi connectivity index (χ4v) is 2.42. The summed E-state index contributed by atoms with van der Waals surface area (Å²) in [5, 5.41) is 3.95. The summed E-state index contributed by atoms with van der Waals surface area (Å²) < 4.78 is 5.15. The van der Waals surface area contributed by atoms with Gasteiger partial charge in [-0.3, -0.25) is 0 Å². The summed E-state index contributed by atoms with van der Waals surface area (Å²) in [6, 6.07) is 8.86. The molecular weight excluding hydrogens is 234 g/mol. The first-order chi connectivity index (χ1) is 8.24. The number of nitrogens with zero attached hydrogens (tertiary/aromatic N) is 1. The van der Waals surface area contributed by atoms with E-state index in [2.05, 4.69) is 4.98 Å². The van der Waals surface area contributed by atoms with E-state index >= 15 is 0 Å². The number of hydrogen-bond acceptors (Lipinski definition) is 4. The molecule has 3 nitrogen and oxygen atoms in total. The third-order valence-electron chi connectivity index (χ3n) is 2.56. The molecule has 0 atom stereocenters. The van der Waals surface area contributed by atoms with Crippen molar-refractivity contribution >= 4 is 22.3 Å². The molecular formula is C13H9NO2S. The Bertz CT molecular complexity index is 742. The van der Waals surface area contributed by atoms with Gasteiger partial charge in [-0.1, -0.05) is 12.1 Å². The molecule has 84 valence electrons. The average Bonchev–Trinajstić information content (AvgIpc) is 2.74. The lowest BCUT2D eigenvalue weighted by molar-refractivity contribution is 0.561. The van der Waals surface area contributed by atoms with E-state index < -0.39 is 0 Å². The smallest absolute Gasteiger partial charge is 0.336 e. The molecule has 0 saturated carbocycles. The van der Waals surface area contributed by atoms with Crippen LogP contribution in [0.1, 0.15) is 5.01 Å². The van der Waals surface area contributed by atoms with Gasteiger partial charge in [0.15, 0.2) is 0 Å². The maximum atomic E-state index is 11.2. The Morgan fingerprint density at radius 1 is 1.24 bits per heavy atom. The van der Waals surface area contributed by atoms with Crippen molar-refractivity contribution in [3.05, 3.63) is 51.1 Å². The number of benzene rings is 1. The van der Waals surface area contributed by atoms with Gasteiger partial charge in [0.25, 0.3) is 0 Å². The minimum Gasteiger partial charge on any atom is -0.423 e. The van der Waals surface area contributed by atoms with Crippen LogP contribution in [0.25, 0.3) is 22.2 Å². The summed E-state index contributed by atoms with van der Waals surface area (Å²) in [4.78, 5) is 15.6. The molecule has 3 aromatic rings. The lowest BCUT2D eigenvalue weighted by atomic mass is 10.1. The topological polar surface area (TPSA) is 43.1 Å². The fraction of sp³-hybridized carbons (Fsp3) is 0.0769. The lowest BCUT2D eigenvalue weighted by Gasteiger charge is -2.01. The molecule has 3 rings (SSSR count). The quantitative estimate of drug-likeness (QED) is 0.616. The third kappa shape index (κ3) is 1.76. The van der Waals surface area contributed by atoms with Crippen molar-refractivity contribution < 1.29 is 4.42 Å². The van der Waals surface area contributed by atoms with Crippen LogP contribution in [0.5, 0.6) is 0 Å². The molecule has 0 aliphatic rings. The number of rotatable bonds is 1. The maximum absolute atomic E-state index is 11.2. The Morgan fingerprint density at radius 3 is 2.88 bits per heavy atom. The number of aryl methyl sites for hydroxylation is 1. The fourth-order valence-electron chi connectivity index (χ4n) is 1.81. The first-order valence-electron chi connectivity index (χ1n) is 5.19. The molecule has 0 bridgehead atoms. The van der Waals surface area contributed by atoms with Crippen LogP contribution in [0.3, 0.4) is 0 Å². The lowest BCUT2D eigenvalue weighted by Crippen LogP contribution is -1.95. The van der Waals surface area contributed by atoms with Crippen LogP contribution in [0.4, 0.5) is 0 Å². The molecule has 0 saturated heterocycles. The summed E-state index contributed by atoms with van der Waals surface area (Å²) in [7, 11) is 0. The van der Waals surface area contributed by atoms with Gasteiger partial charge in [0.2, 0.25) is 0 Å². The number of thiazole rings is 1. The Kier molecular flexibility index (Phi) is 2.30. The van der Waals surface area contributed by atoms with E-state index in [-0.39, 0.29) is 5.63 Å². The molecule has 0 N–H and O–H groups in total. The van der Waals surface area contributed by atoms with Crippen LogP contribution in [-0.4, -0.2) is 4.98 Å². The largest absolute Gasteiger partial charge is 0.423 e. The van der Waals surface area contributed by atoms with Crippen molar-refractivity contribution in [2.24, 2.45) is 0 Å². The average molecular weight is 243 g/mol. The highest BCUT2D eigenvalue weighted by atomic mass is 32.1. The zero-order valence-corrected chi connectivity index (χ0v) is 9.95. The second kappa shape index (κ2) is 3.82. The minimum atomic E-state index is -0.330. The van der Waals surface area contributed by atoms with E-state index in [1.165, 1.54) is 6.07 Å². The normalized spacial score (nSPS) is 10.9. The molecule has 0 unspecified atom stereocenters. The molecule has 4 heteroatoms. The van der Waals surface area contributed by atoms with Gasteiger partial charge in [0.1, 0.15) is 5.58 Å². The van der Waals surface area contributed by atoms with E-state index in [1.54, 1.807) is 23.5 Å². The summed E-state index contributed by atoms with van der Waals surface area (Å²) in [5.41, 5.74) is 2.19. The van der Waals surface area contributed by atoms with E-state index in [4.69, 9.17) is 4.42 Å². The van der Waals surface area contributed by atoms with Crippen LogP contribution >= 0.6 is 11.3 Å². The maximum Gasteiger partial charge on any atom is 0.336 e. The molecule has 17 heavy (non-hydrogen) atoms.